The normalized spacial score (nSPS) is 17.1. The van der Waals surface area contributed by atoms with Crippen molar-refractivity contribution in [3.63, 3.8) is 0 Å². The van der Waals surface area contributed by atoms with Crippen LogP contribution in [0.15, 0.2) is 18.3 Å². The highest BCUT2D eigenvalue weighted by Crippen LogP contribution is 2.40. The third-order valence-corrected chi connectivity index (χ3v) is 3.69. The Bertz CT molecular complexity index is 467. The molecule has 1 amide bonds. The Hall–Kier alpha value is -1.42. The van der Waals surface area contributed by atoms with Crippen molar-refractivity contribution in [3.8, 4) is 0 Å². The molecule has 0 radical (unpaired) electrons. The van der Waals surface area contributed by atoms with Crippen molar-refractivity contribution in [1.29, 1.82) is 0 Å². The molecule has 0 spiro atoms. The van der Waals surface area contributed by atoms with Crippen LogP contribution >= 0.6 is 0 Å². The first-order valence-corrected chi connectivity index (χ1v) is 6.72. The van der Waals surface area contributed by atoms with E-state index in [1.165, 1.54) is 0 Å². The van der Waals surface area contributed by atoms with Crippen LogP contribution in [0.4, 0.5) is 0 Å². The van der Waals surface area contributed by atoms with E-state index in [0.29, 0.717) is 5.92 Å². The van der Waals surface area contributed by atoms with Crippen molar-refractivity contribution < 1.29 is 9.53 Å². The molecule has 2 rings (SSSR count). The molecule has 0 bridgehead atoms. The molecule has 4 nitrogen and oxygen atoms in total. The lowest BCUT2D eigenvalue weighted by Gasteiger charge is -2.26. The van der Waals surface area contributed by atoms with Gasteiger partial charge in [0.15, 0.2) is 0 Å². The number of nitrogens with zero attached hydrogens (tertiary/aromatic N) is 1. The standard InChI is InChI=1S/C15H22N2O2/c1-10-7-8-16-12(9-10)13(11-5-6-11)17-14(18)15(2,3)19-4/h7-9,11,13H,5-6H2,1-4H3,(H,17,18)/t13-/m1/s1. The number of hydrogen-bond acceptors (Lipinski definition) is 3. The van der Waals surface area contributed by atoms with Crippen LogP contribution in [0.5, 0.6) is 0 Å². The van der Waals surface area contributed by atoms with E-state index in [-0.39, 0.29) is 11.9 Å². The first-order chi connectivity index (χ1) is 8.94. The zero-order valence-electron chi connectivity index (χ0n) is 12.1. The SMILES string of the molecule is COC(C)(C)C(=O)N[C@@H](c1cc(C)ccn1)C1CC1. The van der Waals surface area contributed by atoms with Crippen LogP contribution in [0.2, 0.25) is 0 Å². The molecule has 1 aromatic heterocycles. The minimum atomic E-state index is -0.809. The maximum atomic E-state index is 12.2. The molecule has 104 valence electrons. The van der Waals surface area contributed by atoms with E-state index in [9.17, 15) is 4.79 Å². The Morgan fingerprint density at radius 1 is 1.53 bits per heavy atom. The molecule has 1 heterocycles. The van der Waals surface area contributed by atoms with Crippen molar-refractivity contribution in [2.24, 2.45) is 5.92 Å². The Morgan fingerprint density at radius 3 is 2.74 bits per heavy atom. The second kappa shape index (κ2) is 5.29. The minimum Gasteiger partial charge on any atom is -0.369 e. The lowest BCUT2D eigenvalue weighted by Crippen LogP contribution is -2.45. The van der Waals surface area contributed by atoms with Crippen LogP contribution < -0.4 is 5.32 Å². The molecular weight excluding hydrogens is 240 g/mol. The summed E-state index contributed by atoms with van der Waals surface area (Å²) >= 11 is 0. The molecule has 4 heteroatoms. The van der Waals surface area contributed by atoms with Crippen LogP contribution in [0.25, 0.3) is 0 Å². The molecule has 0 unspecified atom stereocenters. The molecule has 1 aliphatic carbocycles. The van der Waals surface area contributed by atoms with Crippen molar-refractivity contribution >= 4 is 5.91 Å². The predicted octanol–water partition coefficient (Wildman–Crippen LogP) is 2.38. The molecule has 1 saturated carbocycles. The smallest absolute Gasteiger partial charge is 0.252 e. The highest BCUT2D eigenvalue weighted by molar-refractivity contribution is 5.84. The van der Waals surface area contributed by atoms with Crippen molar-refractivity contribution in [2.75, 3.05) is 7.11 Å². The summed E-state index contributed by atoms with van der Waals surface area (Å²) in [6.45, 7) is 5.59. The van der Waals surface area contributed by atoms with Crippen molar-refractivity contribution in [1.82, 2.24) is 10.3 Å². The van der Waals surface area contributed by atoms with Crippen LogP contribution in [-0.2, 0) is 9.53 Å². The van der Waals surface area contributed by atoms with Gasteiger partial charge in [0.25, 0.3) is 5.91 Å². The summed E-state index contributed by atoms with van der Waals surface area (Å²) < 4.78 is 5.23. The minimum absolute atomic E-state index is 0.00169. The highest BCUT2D eigenvalue weighted by atomic mass is 16.5. The summed E-state index contributed by atoms with van der Waals surface area (Å²) in [7, 11) is 1.55. The van der Waals surface area contributed by atoms with Gasteiger partial charge in [0.1, 0.15) is 5.60 Å². The number of pyridine rings is 1. The van der Waals surface area contributed by atoms with Gasteiger partial charge in [-0.3, -0.25) is 9.78 Å². The topological polar surface area (TPSA) is 51.2 Å². The second-order valence-corrected chi connectivity index (χ2v) is 5.76. The zero-order chi connectivity index (χ0) is 14.0. The quantitative estimate of drug-likeness (QED) is 0.886. The van der Waals surface area contributed by atoms with E-state index in [1.807, 2.05) is 19.1 Å². The maximum Gasteiger partial charge on any atom is 0.252 e. The molecule has 19 heavy (non-hydrogen) atoms. The Labute approximate surface area is 114 Å². The lowest BCUT2D eigenvalue weighted by atomic mass is 10.0. The van der Waals surface area contributed by atoms with E-state index >= 15 is 0 Å². The largest absolute Gasteiger partial charge is 0.369 e. The van der Waals surface area contributed by atoms with Gasteiger partial charge in [-0.25, -0.2) is 0 Å². The fourth-order valence-electron chi connectivity index (χ4n) is 2.00. The van der Waals surface area contributed by atoms with E-state index in [1.54, 1.807) is 27.2 Å². The van der Waals surface area contributed by atoms with Crippen LogP contribution in [-0.4, -0.2) is 23.6 Å². The third-order valence-electron chi connectivity index (χ3n) is 3.69. The molecule has 1 N–H and O–H groups in total. The second-order valence-electron chi connectivity index (χ2n) is 5.76. The number of methoxy groups -OCH3 is 1. The average molecular weight is 262 g/mol. The fraction of sp³-hybridized carbons (Fsp3) is 0.600. The molecule has 0 aliphatic heterocycles. The summed E-state index contributed by atoms with van der Waals surface area (Å²) in [6, 6.07) is 4.01. The van der Waals surface area contributed by atoms with E-state index in [2.05, 4.69) is 10.3 Å². The van der Waals surface area contributed by atoms with Gasteiger partial charge in [-0.2, -0.15) is 0 Å². The number of carbonyl (C=O) groups is 1. The van der Waals surface area contributed by atoms with Gasteiger partial charge in [0.2, 0.25) is 0 Å². The number of rotatable bonds is 5. The Balaban J connectivity index is 2.16. The van der Waals surface area contributed by atoms with Gasteiger partial charge in [-0.05, 0) is 57.2 Å². The lowest BCUT2D eigenvalue weighted by molar-refractivity contribution is -0.140. The average Bonchev–Trinajstić information content (AvgIpc) is 3.19. The first kappa shape index (κ1) is 14.0. The third kappa shape index (κ3) is 3.32. The van der Waals surface area contributed by atoms with Gasteiger partial charge >= 0.3 is 0 Å². The number of aryl methyl sites for hydroxylation is 1. The molecule has 0 saturated heterocycles. The number of aromatic nitrogens is 1. The maximum absolute atomic E-state index is 12.2. The van der Waals surface area contributed by atoms with Crippen molar-refractivity contribution in [2.45, 2.75) is 45.3 Å². The number of nitrogens with one attached hydrogen (secondary N) is 1. The number of ether oxygens (including phenoxy) is 1. The Kier molecular flexibility index (Phi) is 3.90. The summed E-state index contributed by atoms with van der Waals surface area (Å²) in [4.78, 5) is 16.6. The molecular formula is C15H22N2O2. The summed E-state index contributed by atoms with van der Waals surface area (Å²) in [5.74, 6) is 0.418. The van der Waals surface area contributed by atoms with Crippen LogP contribution in [0.1, 0.15) is 44.0 Å². The van der Waals surface area contributed by atoms with E-state index in [0.717, 1.165) is 24.1 Å². The zero-order valence-corrected chi connectivity index (χ0v) is 12.1. The van der Waals surface area contributed by atoms with Gasteiger partial charge < -0.3 is 10.1 Å². The summed E-state index contributed by atoms with van der Waals surface area (Å²) in [5, 5.41) is 3.09. The van der Waals surface area contributed by atoms with Crippen molar-refractivity contribution in [3.05, 3.63) is 29.6 Å². The van der Waals surface area contributed by atoms with E-state index < -0.39 is 5.60 Å². The van der Waals surface area contributed by atoms with Gasteiger partial charge in [-0.1, -0.05) is 0 Å². The van der Waals surface area contributed by atoms with Crippen LogP contribution in [0, 0.1) is 12.8 Å². The fourth-order valence-corrected chi connectivity index (χ4v) is 2.00. The molecule has 1 atom stereocenters. The Morgan fingerprint density at radius 2 is 2.21 bits per heavy atom. The van der Waals surface area contributed by atoms with Gasteiger partial charge in [-0.15, -0.1) is 0 Å². The molecule has 1 aromatic rings. The van der Waals surface area contributed by atoms with Gasteiger partial charge in [0, 0.05) is 13.3 Å². The monoisotopic (exact) mass is 262 g/mol. The number of carbonyl (C=O) groups excluding carboxylic acids is 1. The summed E-state index contributed by atoms with van der Waals surface area (Å²) in [6.07, 6.45) is 4.09. The number of hydrogen-bond donors (Lipinski definition) is 1. The van der Waals surface area contributed by atoms with E-state index in [4.69, 9.17) is 4.74 Å². The van der Waals surface area contributed by atoms with Gasteiger partial charge in [0.05, 0.1) is 11.7 Å². The highest BCUT2D eigenvalue weighted by Gasteiger charge is 2.37. The predicted molar refractivity (Wildman–Crippen MR) is 73.7 cm³/mol. The first-order valence-electron chi connectivity index (χ1n) is 6.72. The molecule has 1 aliphatic rings. The van der Waals surface area contributed by atoms with Crippen LogP contribution in [0.3, 0.4) is 0 Å². The molecule has 0 aromatic carbocycles. The number of amides is 1. The molecule has 1 fully saturated rings. The summed E-state index contributed by atoms with van der Waals surface area (Å²) in [5.41, 5.74) is 1.30.